The van der Waals surface area contributed by atoms with Crippen molar-refractivity contribution in [3.63, 3.8) is 0 Å². The number of halogens is 1. The number of hydrogen-bond acceptors (Lipinski definition) is 7. The second-order valence-corrected chi connectivity index (χ2v) is 10.6. The van der Waals surface area contributed by atoms with Crippen molar-refractivity contribution in [3.8, 4) is 0 Å². The van der Waals surface area contributed by atoms with Gasteiger partial charge in [0, 0.05) is 39.5 Å². The normalized spacial score (nSPS) is 23.1. The summed E-state index contributed by atoms with van der Waals surface area (Å²) in [5.41, 5.74) is 1.22. The first-order chi connectivity index (χ1) is 19.3. The van der Waals surface area contributed by atoms with E-state index < -0.39 is 40.7 Å². The predicted molar refractivity (Wildman–Crippen MR) is 148 cm³/mol. The molecule has 4 atom stereocenters. The molecule has 2 fully saturated rings. The average molecular weight is 598 g/mol. The fraction of sp³-hybridized carbons (Fsp3) is 0.133. The molecule has 3 heterocycles. The number of nitro groups is 1. The molecule has 3 aromatic carbocycles. The summed E-state index contributed by atoms with van der Waals surface area (Å²) in [6.07, 6.45) is 4.89. The van der Waals surface area contributed by atoms with Gasteiger partial charge in [0.15, 0.2) is 11.6 Å². The maximum absolute atomic E-state index is 13.9. The van der Waals surface area contributed by atoms with E-state index in [1.54, 1.807) is 77.8 Å². The van der Waals surface area contributed by atoms with Crippen molar-refractivity contribution in [2.24, 2.45) is 11.8 Å². The highest BCUT2D eigenvalue weighted by Crippen LogP contribution is 2.47. The van der Waals surface area contributed by atoms with Gasteiger partial charge in [0.05, 0.1) is 28.5 Å². The molecule has 0 spiro atoms. The van der Waals surface area contributed by atoms with E-state index in [1.807, 2.05) is 0 Å². The van der Waals surface area contributed by atoms with E-state index in [4.69, 9.17) is 0 Å². The van der Waals surface area contributed by atoms with E-state index in [-0.39, 0.29) is 22.9 Å². The molecule has 0 bridgehead atoms. The minimum Gasteiger partial charge on any atom is -0.359 e. The summed E-state index contributed by atoms with van der Waals surface area (Å²) in [5, 5.41) is 11.1. The van der Waals surface area contributed by atoms with Gasteiger partial charge >= 0.3 is 0 Å². The van der Waals surface area contributed by atoms with Gasteiger partial charge in [0.2, 0.25) is 11.8 Å². The lowest BCUT2D eigenvalue weighted by molar-refractivity contribution is -0.384. The molecule has 3 aromatic rings. The summed E-state index contributed by atoms with van der Waals surface area (Å²) in [5.74, 6) is -3.60. The molecule has 10 heteroatoms. The third kappa shape index (κ3) is 4.08. The van der Waals surface area contributed by atoms with Crippen molar-refractivity contribution in [3.05, 3.63) is 129 Å². The van der Waals surface area contributed by atoms with E-state index in [0.717, 1.165) is 9.37 Å². The molecule has 40 heavy (non-hydrogen) atoms. The largest absolute Gasteiger partial charge is 0.359 e. The zero-order valence-electron chi connectivity index (χ0n) is 20.7. The first-order valence-electron chi connectivity index (χ1n) is 12.5. The molecular weight excluding hydrogens is 578 g/mol. The number of non-ortho nitro benzene ring substituents is 1. The van der Waals surface area contributed by atoms with Gasteiger partial charge in [0.25, 0.3) is 5.69 Å². The quantitative estimate of drug-likeness (QED) is 0.174. The molecule has 2 saturated heterocycles. The summed E-state index contributed by atoms with van der Waals surface area (Å²) >= 11 is 3.36. The standard InChI is InChI=1S/C30H20BrN3O6/c31-20-8-6-18(7-9-20)28(36)26-25-24(29(37)33(30(25)38)21-10-12-22(13-11-21)34(39)40)23-16-19(14-15-32(23)26)27(35)17-4-2-1-3-5-17/h1-16,23-26H. The Hall–Kier alpha value is -4.70. The second kappa shape index (κ2) is 9.80. The maximum atomic E-state index is 13.9. The summed E-state index contributed by atoms with van der Waals surface area (Å²) < 4.78 is 0.785. The Morgan fingerprint density at radius 2 is 1.48 bits per heavy atom. The van der Waals surface area contributed by atoms with Crippen LogP contribution < -0.4 is 4.90 Å². The van der Waals surface area contributed by atoms with E-state index >= 15 is 0 Å². The van der Waals surface area contributed by atoms with Gasteiger partial charge in [-0.3, -0.25) is 29.3 Å². The number of ketones is 2. The van der Waals surface area contributed by atoms with Gasteiger partial charge in [-0.05, 0) is 30.3 Å². The summed E-state index contributed by atoms with van der Waals surface area (Å²) in [7, 11) is 0. The number of amides is 2. The highest BCUT2D eigenvalue weighted by Gasteiger charge is 2.63. The smallest absolute Gasteiger partial charge is 0.269 e. The Kier molecular flexibility index (Phi) is 6.26. The summed E-state index contributed by atoms with van der Waals surface area (Å²) in [6.45, 7) is 0. The molecule has 0 aliphatic carbocycles. The minimum atomic E-state index is -1.02. The second-order valence-electron chi connectivity index (χ2n) is 9.72. The number of nitrogens with zero attached hydrogens (tertiary/aromatic N) is 3. The molecule has 0 radical (unpaired) electrons. The number of carbonyl (C=O) groups is 4. The number of carbonyl (C=O) groups excluding carboxylic acids is 4. The Labute approximate surface area is 236 Å². The van der Waals surface area contributed by atoms with Crippen LogP contribution in [0.2, 0.25) is 0 Å². The summed E-state index contributed by atoms with van der Waals surface area (Å²) in [6, 6.07) is 18.9. The molecular formula is C30H20BrN3O6. The molecule has 0 aromatic heterocycles. The number of rotatable bonds is 6. The lowest BCUT2D eigenvalue weighted by Gasteiger charge is -2.32. The molecule has 9 nitrogen and oxygen atoms in total. The molecule has 3 aliphatic heterocycles. The molecule has 6 rings (SSSR count). The summed E-state index contributed by atoms with van der Waals surface area (Å²) in [4.78, 5) is 68.1. The number of nitro benzene ring substituents is 1. The fourth-order valence-corrected chi connectivity index (χ4v) is 5.98. The molecule has 198 valence electrons. The minimum absolute atomic E-state index is 0.179. The molecule has 2 amide bonds. The van der Waals surface area contributed by atoms with Crippen LogP contribution in [-0.2, 0) is 9.59 Å². The van der Waals surface area contributed by atoms with Crippen molar-refractivity contribution < 1.29 is 24.1 Å². The Balaban J connectivity index is 1.42. The first kappa shape index (κ1) is 25.6. The van der Waals surface area contributed by atoms with Gasteiger partial charge in [-0.2, -0.15) is 0 Å². The van der Waals surface area contributed by atoms with Crippen LogP contribution in [0.4, 0.5) is 11.4 Å². The van der Waals surface area contributed by atoms with Crippen molar-refractivity contribution in [1.29, 1.82) is 0 Å². The van der Waals surface area contributed by atoms with Crippen molar-refractivity contribution in [2.75, 3.05) is 4.90 Å². The van der Waals surface area contributed by atoms with Gasteiger partial charge < -0.3 is 4.90 Å². The zero-order chi connectivity index (χ0) is 28.1. The Bertz CT molecular complexity index is 1630. The van der Waals surface area contributed by atoms with Crippen molar-refractivity contribution in [2.45, 2.75) is 12.1 Å². The molecule has 0 N–H and O–H groups in total. The van der Waals surface area contributed by atoms with Crippen LogP contribution in [0.5, 0.6) is 0 Å². The van der Waals surface area contributed by atoms with E-state index in [9.17, 15) is 29.3 Å². The number of fused-ring (bicyclic) bond motifs is 3. The Morgan fingerprint density at radius 1 is 0.825 bits per heavy atom. The number of allylic oxidation sites excluding steroid dienone is 2. The average Bonchev–Trinajstić information content (AvgIpc) is 3.44. The molecule has 0 saturated carbocycles. The van der Waals surface area contributed by atoms with E-state index in [2.05, 4.69) is 15.9 Å². The SMILES string of the molecule is O=C(C1=CC2C3C(=O)N(c4ccc([N+](=O)[O-])cc4)C(=O)C3C(C(=O)c3ccc(Br)cc3)N2C=C1)c1ccccc1. The van der Waals surface area contributed by atoms with Gasteiger partial charge in [-0.1, -0.05) is 64.5 Å². The Morgan fingerprint density at radius 3 is 2.12 bits per heavy atom. The first-order valence-corrected chi connectivity index (χ1v) is 13.2. The maximum Gasteiger partial charge on any atom is 0.269 e. The van der Waals surface area contributed by atoms with E-state index in [0.29, 0.717) is 16.7 Å². The zero-order valence-corrected chi connectivity index (χ0v) is 22.3. The number of anilines is 1. The lowest BCUT2D eigenvalue weighted by atomic mass is 9.85. The lowest BCUT2D eigenvalue weighted by Crippen LogP contribution is -2.46. The number of hydrogen-bond donors (Lipinski definition) is 0. The van der Waals surface area contributed by atoms with Crippen LogP contribution in [0.3, 0.4) is 0 Å². The van der Waals surface area contributed by atoms with Crippen molar-refractivity contribution >= 4 is 50.7 Å². The van der Waals surface area contributed by atoms with Gasteiger partial charge in [-0.25, -0.2) is 4.90 Å². The van der Waals surface area contributed by atoms with Crippen LogP contribution in [0.1, 0.15) is 20.7 Å². The van der Waals surface area contributed by atoms with Crippen LogP contribution in [-0.4, -0.2) is 45.3 Å². The third-order valence-electron chi connectivity index (χ3n) is 7.56. The van der Waals surface area contributed by atoms with Crippen LogP contribution in [0.15, 0.2) is 107 Å². The van der Waals surface area contributed by atoms with Gasteiger partial charge in [0.1, 0.15) is 6.04 Å². The topological polar surface area (TPSA) is 118 Å². The number of Topliss-reactive ketones (excluding diaryl/α,β-unsaturated/α-hetero) is 2. The van der Waals surface area contributed by atoms with Crippen LogP contribution in [0.25, 0.3) is 0 Å². The fourth-order valence-electron chi connectivity index (χ4n) is 5.72. The highest BCUT2D eigenvalue weighted by atomic mass is 79.9. The number of benzene rings is 3. The van der Waals surface area contributed by atoms with E-state index in [1.165, 1.54) is 24.3 Å². The molecule has 3 aliphatic rings. The monoisotopic (exact) mass is 597 g/mol. The third-order valence-corrected chi connectivity index (χ3v) is 8.09. The van der Waals surface area contributed by atoms with Crippen LogP contribution >= 0.6 is 15.9 Å². The number of imide groups is 1. The van der Waals surface area contributed by atoms with Gasteiger partial charge in [-0.15, -0.1) is 0 Å². The van der Waals surface area contributed by atoms with Crippen molar-refractivity contribution in [1.82, 2.24) is 4.90 Å². The van der Waals surface area contributed by atoms with Crippen LogP contribution in [0, 0.1) is 22.0 Å². The highest BCUT2D eigenvalue weighted by molar-refractivity contribution is 9.10. The molecule has 4 unspecified atom stereocenters. The predicted octanol–water partition coefficient (Wildman–Crippen LogP) is 4.74.